The molecule has 0 aliphatic carbocycles. The number of fused-ring (bicyclic) bond motifs is 1. The monoisotopic (exact) mass is 317 g/mol. The predicted octanol–water partition coefficient (Wildman–Crippen LogP) is 1.12. The van der Waals surface area contributed by atoms with Gasteiger partial charge in [0.1, 0.15) is 0 Å². The maximum Gasteiger partial charge on any atom is 0.242 e. The summed E-state index contributed by atoms with van der Waals surface area (Å²) in [6, 6.07) is 6.69. The van der Waals surface area contributed by atoms with Gasteiger partial charge in [0.15, 0.2) is 6.19 Å². The molecule has 2 aromatic rings. The Morgan fingerprint density at radius 2 is 2.14 bits per heavy atom. The molecule has 1 aliphatic heterocycles. The summed E-state index contributed by atoms with van der Waals surface area (Å²) in [7, 11) is -0.489. The zero-order valence-corrected chi connectivity index (χ0v) is 13.1. The number of aromatic amines is 1. The Bertz CT molecular complexity index is 864. The van der Waals surface area contributed by atoms with Crippen LogP contribution in [0.4, 0.5) is 0 Å². The van der Waals surface area contributed by atoms with Crippen molar-refractivity contribution in [1.29, 1.82) is 5.26 Å². The third kappa shape index (κ3) is 2.24. The van der Waals surface area contributed by atoms with Crippen LogP contribution in [0.5, 0.6) is 0 Å². The Morgan fingerprint density at radius 3 is 2.82 bits per heavy atom. The topological polar surface area (TPSA) is 93.1 Å². The molecule has 0 unspecified atom stereocenters. The molecule has 0 bridgehead atoms. The molecule has 2 heterocycles. The van der Waals surface area contributed by atoms with Gasteiger partial charge in [-0.2, -0.15) is 10.4 Å². The molecule has 1 N–H and O–H groups in total. The van der Waals surface area contributed by atoms with Crippen LogP contribution in [0, 0.1) is 11.5 Å². The molecular weight excluding hydrogens is 302 g/mol. The largest absolute Gasteiger partial charge is 0.300 e. The van der Waals surface area contributed by atoms with Crippen LogP contribution in [0.15, 0.2) is 29.2 Å². The first-order valence-electron chi connectivity index (χ1n) is 6.67. The normalized spacial score (nSPS) is 14.2. The SMILES string of the molecule is CN(C)S(=O)(=O)c1cccc(-c2n[nH]c3c2CN(C#N)C3)c1. The Balaban J connectivity index is 2.04. The highest BCUT2D eigenvalue weighted by Gasteiger charge is 2.25. The van der Waals surface area contributed by atoms with Gasteiger partial charge in [0.25, 0.3) is 0 Å². The fourth-order valence-electron chi connectivity index (χ4n) is 2.46. The van der Waals surface area contributed by atoms with Crippen molar-refractivity contribution in [2.24, 2.45) is 0 Å². The first-order chi connectivity index (χ1) is 10.4. The number of hydrogen-bond donors (Lipinski definition) is 1. The van der Waals surface area contributed by atoms with Gasteiger partial charge in [-0.1, -0.05) is 12.1 Å². The maximum atomic E-state index is 12.2. The summed E-state index contributed by atoms with van der Waals surface area (Å²) >= 11 is 0. The van der Waals surface area contributed by atoms with Crippen molar-refractivity contribution in [2.45, 2.75) is 18.0 Å². The molecule has 22 heavy (non-hydrogen) atoms. The van der Waals surface area contributed by atoms with Crippen LogP contribution in [0.3, 0.4) is 0 Å². The summed E-state index contributed by atoms with van der Waals surface area (Å²) < 4.78 is 25.6. The second-order valence-electron chi connectivity index (χ2n) is 5.30. The highest BCUT2D eigenvalue weighted by atomic mass is 32.2. The third-order valence-electron chi connectivity index (χ3n) is 3.68. The maximum absolute atomic E-state index is 12.2. The lowest BCUT2D eigenvalue weighted by Crippen LogP contribution is -2.22. The number of hydrogen-bond acceptors (Lipinski definition) is 5. The van der Waals surface area contributed by atoms with Gasteiger partial charge >= 0.3 is 0 Å². The van der Waals surface area contributed by atoms with Crippen molar-refractivity contribution in [1.82, 2.24) is 19.4 Å². The Morgan fingerprint density at radius 1 is 1.36 bits per heavy atom. The quantitative estimate of drug-likeness (QED) is 0.856. The van der Waals surface area contributed by atoms with E-state index in [1.165, 1.54) is 18.4 Å². The van der Waals surface area contributed by atoms with E-state index < -0.39 is 10.0 Å². The van der Waals surface area contributed by atoms with Crippen molar-refractivity contribution >= 4 is 10.0 Å². The van der Waals surface area contributed by atoms with Crippen molar-refractivity contribution < 1.29 is 8.42 Å². The number of benzene rings is 1. The number of sulfonamides is 1. The number of aromatic nitrogens is 2. The number of nitriles is 1. The van der Waals surface area contributed by atoms with Crippen LogP contribution in [0.1, 0.15) is 11.3 Å². The third-order valence-corrected chi connectivity index (χ3v) is 5.49. The Kier molecular flexibility index (Phi) is 3.39. The summed E-state index contributed by atoms with van der Waals surface area (Å²) in [5.74, 6) is 0. The zero-order valence-electron chi connectivity index (χ0n) is 12.2. The molecule has 7 nitrogen and oxygen atoms in total. The molecule has 0 saturated carbocycles. The fraction of sp³-hybridized carbons (Fsp3) is 0.286. The molecule has 8 heteroatoms. The second-order valence-corrected chi connectivity index (χ2v) is 7.45. The Hall–Kier alpha value is -2.37. The van der Waals surface area contributed by atoms with Gasteiger partial charge in [0.2, 0.25) is 10.0 Å². The minimum absolute atomic E-state index is 0.224. The van der Waals surface area contributed by atoms with Crippen molar-refractivity contribution in [3.8, 4) is 17.5 Å². The van der Waals surface area contributed by atoms with E-state index in [0.29, 0.717) is 18.8 Å². The van der Waals surface area contributed by atoms with E-state index >= 15 is 0 Å². The van der Waals surface area contributed by atoms with Gasteiger partial charge in [0.05, 0.1) is 29.4 Å². The first kappa shape index (κ1) is 14.6. The molecule has 3 rings (SSSR count). The van der Waals surface area contributed by atoms with E-state index in [1.807, 2.05) is 6.07 Å². The van der Waals surface area contributed by atoms with Crippen molar-refractivity contribution in [3.05, 3.63) is 35.5 Å². The number of nitrogens with zero attached hydrogens (tertiary/aromatic N) is 4. The van der Waals surface area contributed by atoms with E-state index in [-0.39, 0.29) is 4.90 Å². The molecule has 0 fully saturated rings. The lowest BCUT2D eigenvalue weighted by Gasteiger charge is -2.12. The van der Waals surface area contributed by atoms with E-state index in [1.54, 1.807) is 23.1 Å². The Labute approximate surface area is 128 Å². The molecule has 1 aliphatic rings. The lowest BCUT2D eigenvalue weighted by molar-refractivity contribution is 0.412. The van der Waals surface area contributed by atoms with Crippen LogP contribution >= 0.6 is 0 Å². The van der Waals surface area contributed by atoms with Gasteiger partial charge in [-0.3, -0.25) is 5.10 Å². The van der Waals surface area contributed by atoms with Gasteiger partial charge < -0.3 is 4.90 Å². The highest BCUT2D eigenvalue weighted by molar-refractivity contribution is 7.89. The summed E-state index contributed by atoms with van der Waals surface area (Å²) in [6.07, 6.45) is 2.11. The van der Waals surface area contributed by atoms with Crippen molar-refractivity contribution in [2.75, 3.05) is 14.1 Å². The summed E-state index contributed by atoms with van der Waals surface area (Å²) in [6.45, 7) is 0.997. The highest BCUT2D eigenvalue weighted by Crippen LogP contribution is 2.31. The molecule has 1 aromatic heterocycles. The van der Waals surface area contributed by atoms with E-state index in [0.717, 1.165) is 16.8 Å². The smallest absolute Gasteiger partial charge is 0.242 e. The lowest BCUT2D eigenvalue weighted by atomic mass is 10.1. The molecule has 0 spiro atoms. The standard InChI is InChI=1S/C14H15N5O2S/c1-18(2)22(20,21)11-5-3-4-10(6-11)14-12-7-19(9-15)8-13(12)16-17-14/h3-6H,7-8H2,1-2H3,(H,16,17). The number of H-pyrrole nitrogens is 1. The second kappa shape index (κ2) is 5.12. The van der Waals surface area contributed by atoms with Gasteiger partial charge in [-0.05, 0) is 12.1 Å². The van der Waals surface area contributed by atoms with Crippen LogP contribution < -0.4 is 0 Å². The minimum atomic E-state index is -3.49. The summed E-state index contributed by atoms with van der Waals surface area (Å²) in [5, 5.41) is 16.2. The number of rotatable bonds is 3. The van der Waals surface area contributed by atoms with E-state index in [9.17, 15) is 8.42 Å². The predicted molar refractivity (Wildman–Crippen MR) is 79.8 cm³/mol. The van der Waals surface area contributed by atoms with Crippen molar-refractivity contribution in [3.63, 3.8) is 0 Å². The van der Waals surface area contributed by atoms with Crippen LogP contribution in [-0.4, -0.2) is 41.9 Å². The molecule has 1 aromatic carbocycles. The molecule has 0 saturated heterocycles. The first-order valence-corrected chi connectivity index (χ1v) is 8.11. The molecule has 114 valence electrons. The van der Waals surface area contributed by atoms with Gasteiger partial charge in [0, 0.05) is 25.2 Å². The van der Waals surface area contributed by atoms with Crippen LogP contribution in [0.25, 0.3) is 11.3 Å². The average molecular weight is 317 g/mol. The molecule has 0 atom stereocenters. The number of nitrogens with one attached hydrogen (secondary N) is 1. The average Bonchev–Trinajstić information content (AvgIpc) is 3.06. The molecule has 0 radical (unpaired) electrons. The van der Waals surface area contributed by atoms with Crippen LogP contribution in [-0.2, 0) is 23.1 Å². The van der Waals surface area contributed by atoms with Gasteiger partial charge in [-0.15, -0.1) is 0 Å². The summed E-state index contributed by atoms with van der Waals surface area (Å²) in [5.41, 5.74) is 3.27. The fourth-order valence-corrected chi connectivity index (χ4v) is 3.41. The molecule has 0 amide bonds. The van der Waals surface area contributed by atoms with Gasteiger partial charge in [-0.25, -0.2) is 12.7 Å². The summed E-state index contributed by atoms with van der Waals surface area (Å²) in [4.78, 5) is 1.84. The van der Waals surface area contributed by atoms with E-state index in [4.69, 9.17) is 5.26 Å². The minimum Gasteiger partial charge on any atom is -0.300 e. The van der Waals surface area contributed by atoms with Crippen LogP contribution in [0.2, 0.25) is 0 Å². The van der Waals surface area contributed by atoms with E-state index in [2.05, 4.69) is 16.4 Å². The molecular formula is C14H15N5O2S. The zero-order chi connectivity index (χ0) is 15.9.